The molecular formula is C14H29N7O2S. The quantitative estimate of drug-likeness (QED) is 0.129. The number of hydrazine groups is 1. The van der Waals surface area contributed by atoms with E-state index in [0.29, 0.717) is 38.7 Å². The first-order chi connectivity index (χ1) is 11.4. The van der Waals surface area contributed by atoms with Crippen molar-refractivity contribution < 1.29 is 8.42 Å². The average Bonchev–Trinajstić information content (AvgIpc) is 2.56. The van der Waals surface area contributed by atoms with E-state index in [9.17, 15) is 8.42 Å². The van der Waals surface area contributed by atoms with Gasteiger partial charge in [0.15, 0.2) is 9.84 Å². The number of aliphatic imine (C=N–C) groups is 2. The molecule has 0 unspecified atom stereocenters. The van der Waals surface area contributed by atoms with Gasteiger partial charge in [-0.25, -0.2) is 14.3 Å². The highest BCUT2D eigenvalue weighted by Crippen LogP contribution is 2.04. The Morgan fingerprint density at radius 2 is 2.08 bits per heavy atom. The van der Waals surface area contributed by atoms with Crippen molar-refractivity contribution in [1.82, 2.24) is 15.2 Å². The summed E-state index contributed by atoms with van der Waals surface area (Å²) in [5, 5.41) is 0. The van der Waals surface area contributed by atoms with Crippen molar-refractivity contribution in [2.45, 2.75) is 13.3 Å². The number of likely N-dealkylation sites (N-methyl/N-ethyl adjacent to an activating group) is 1. The van der Waals surface area contributed by atoms with E-state index < -0.39 is 9.84 Å². The second-order valence-electron chi connectivity index (χ2n) is 5.49. The Labute approximate surface area is 144 Å². The van der Waals surface area contributed by atoms with Crippen LogP contribution < -0.4 is 17.0 Å². The first-order valence-corrected chi connectivity index (χ1v) is 9.87. The standard InChI is InChI=1S/C14H29N7O2S/c1-3-7-21(4-2)14(19-16)18-13(15)17-6-5-8-20-9-11-24(22,23)12-10-20/h3H,1,4-12,16H2,2H3,(H3,15,17,18,19). The van der Waals surface area contributed by atoms with E-state index in [1.54, 1.807) is 6.08 Å². The number of hydrogen-bond acceptors (Lipinski definition) is 5. The summed E-state index contributed by atoms with van der Waals surface area (Å²) in [5.41, 5.74) is 8.34. The minimum atomic E-state index is -2.83. The SMILES string of the molecule is C=CCN(CC)C(=NC(N)=NCCCN1CCS(=O)(=O)CC1)NN. The molecule has 1 heterocycles. The molecule has 0 saturated carbocycles. The van der Waals surface area contributed by atoms with Gasteiger partial charge in [-0.3, -0.25) is 10.4 Å². The normalized spacial score (nSPS) is 19.1. The fraction of sp³-hybridized carbons (Fsp3) is 0.714. The molecule has 5 N–H and O–H groups in total. The van der Waals surface area contributed by atoms with Crippen LogP contribution in [0.4, 0.5) is 0 Å². The lowest BCUT2D eigenvalue weighted by atomic mass is 10.3. The Kier molecular flexibility index (Phi) is 8.72. The number of nitrogens with two attached hydrogens (primary N) is 2. The zero-order valence-electron chi connectivity index (χ0n) is 14.3. The number of guanidine groups is 2. The van der Waals surface area contributed by atoms with E-state index in [4.69, 9.17) is 11.6 Å². The predicted molar refractivity (Wildman–Crippen MR) is 98.4 cm³/mol. The molecule has 0 radical (unpaired) electrons. The second-order valence-corrected chi connectivity index (χ2v) is 7.80. The average molecular weight is 360 g/mol. The van der Waals surface area contributed by atoms with Gasteiger partial charge in [-0.15, -0.1) is 6.58 Å². The maximum Gasteiger partial charge on any atom is 0.218 e. The number of nitrogens with one attached hydrogen (secondary N) is 1. The van der Waals surface area contributed by atoms with Crippen LogP contribution in [0.2, 0.25) is 0 Å². The van der Waals surface area contributed by atoms with Gasteiger partial charge in [0.1, 0.15) is 0 Å². The highest BCUT2D eigenvalue weighted by Gasteiger charge is 2.20. The summed E-state index contributed by atoms with van der Waals surface area (Å²) < 4.78 is 22.7. The molecular weight excluding hydrogens is 330 g/mol. The van der Waals surface area contributed by atoms with Gasteiger partial charge in [-0.2, -0.15) is 4.99 Å². The van der Waals surface area contributed by atoms with Crippen molar-refractivity contribution in [2.75, 3.05) is 50.8 Å². The molecule has 0 atom stereocenters. The van der Waals surface area contributed by atoms with Crippen LogP contribution >= 0.6 is 0 Å². The Hall–Kier alpha value is -1.65. The van der Waals surface area contributed by atoms with E-state index in [1.165, 1.54) is 0 Å². The molecule has 1 aliphatic heterocycles. The van der Waals surface area contributed by atoms with Crippen molar-refractivity contribution in [3.8, 4) is 0 Å². The molecule has 9 nitrogen and oxygen atoms in total. The van der Waals surface area contributed by atoms with Gasteiger partial charge in [0.2, 0.25) is 11.9 Å². The minimum absolute atomic E-state index is 0.159. The molecule has 0 spiro atoms. The monoisotopic (exact) mass is 359 g/mol. The van der Waals surface area contributed by atoms with Crippen LogP contribution in [0.25, 0.3) is 0 Å². The van der Waals surface area contributed by atoms with Crippen LogP contribution in [0.15, 0.2) is 22.6 Å². The van der Waals surface area contributed by atoms with Crippen molar-refractivity contribution in [1.29, 1.82) is 0 Å². The Balaban J connectivity index is 2.42. The number of rotatable bonds is 7. The van der Waals surface area contributed by atoms with Crippen LogP contribution in [0, 0.1) is 0 Å². The zero-order chi connectivity index (χ0) is 18.0. The van der Waals surface area contributed by atoms with E-state index >= 15 is 0 Å². The third-order valence-electron chi connectivity index (χ3n) is 3.72. The molecule has 10 heteroatoms. The van der Waals surface area contributed by atoms with Gasteiger partial charge < -0.3 is 15.5 Å². The fourth-order valence-electron chi connectivity index (χ4n) is 2.32. The van der Waals surface area contributed by atoms with Gasteiger partial charge in [-0.1, -0.05) is 6.08 Å². The topological polar surface area (TPSA) is 129 Å². The molecule has 24 heavy (non-hydrogen) atoms. The van der Waals surface area contributed by atoms with Gasteiger partial charge in [0, 0.05) is 32.7 Å². The van der Waals surface area contributed by atoms with Crippen molar-refractivity contribution in [3.05, 3.63) is 12.7 Å². The highest BCUT2D eigenvalue weighted by atomic mass is 32.2. The van der Waals surface area contributed by atoms with Gasteiger partial charge in [0.05, 0.1) is 11.5 Å². The molecule has 0 amide bonds. The van der Waals surface area contributed by atoms with Gasteiger partial charge in [-0.05, 0) is 19.9 Å². The lowest BCUT2D eigenvalue weighted by Gasteiger charge is -2.26. The Morgan fingerprint density at radius 3 is 2.62 bits per heavy atom. The summed E-state index contributed by atoms with van der Waals surface area (Å²) in [7, 11) is -2.83. The molecule has 0 aliphatic carbocycles. The molecule has 0 aromatic carbocycles. The maximum atomic E-state index is 11.4. The van der Waals surface area contributed by atoms with Gasteiger partial charge >= 0.3 is 0 Å². The van der Waals surface area contributed by atoms with E-state index in [2.05, 4.69) is 26.9 Å². The summed E-state index contributed by atoms with van der Waals surface area (Å²) in [4.78, 5) is 12.4. The number of nitrogens with zero attached hydrogens (tertiary/aromatic N) is 4. The van der Waals surface area contributed by atoms with Crippen LogP contribution in [-0.2, 0) is 9.84 Å². The molecule has 138 valence electrons. The summed E-state index contributed by atoms with van der Waals surface area (Å²) in [5.74, 6) is 6.56. The van der Waals surface area contributed by atoms with E-state index in [0.717, 1.165) is 13.0 Å². The lowest BCUT2D eigenvalue weighted by molar-refractivity contribution is 0.294. The smallest absolute Gasteiger partial charge is 0.218 e. The molecule has 0 bridgehead atoms. The van der Waals surface area contributed by atoms with Crippen LogP contribution in [-0.4, -0.2) is 80.9 Å². The van der Waals surface area contributed by atoms with E-state index in [1.807, 2.05) is 11.8 Å². The Morgan fingerprint density at radius 1 is 1.42 bits per heavy atom. The minimum Gasteiger partial charge on any atom is -0.368 e. The number of hydrogen-bond donors (Lipinski definition) is 3. The molecule has 1 saturated heterocycles. The van der Waals surface area contributed by atoms with Crippen molar-refractivity contribution in [3.63, 3.8) is 0 Å². The summed E-state index contributed by atoms with van der Waals surface area (Å²) in [6.45, 7) is 9.49. The molecule has 1 aliphatic rings. The summed E-state index contributed by atoms with van der Waals surface area (Å²) in [6, 6.07) is 0. The largest absolute Gasteiger partial charge is 0.368 e. The van der Waals surface area contributed by atoms with Crippen LogP contribution in [0.3, 0.4) is 0 Å². The highest BCUT2D eigenvalue weighted by molar-refractivity contribution is 7.91. The predicted octanol–water partition coefficient (Wildman–Crippen LogP) is -1.25. The van der Waals surface area contributed by atoms with E-state index in [-0.39, 0.29) is 17.5 Å². The molecule has 0 aromatic rings. The zero-order valence-corrected chi connectivity index (χ0v) is 15.1. The van der Waals surface area contributed by atoms with Crippen LogP contribution in [0.5, 0.6) is 0 Å². The third kappa shape index (κ3) is 7.28. The van der Waals surface area contributed by atoms with Crippen LogP contribution in [0.1, 0.15) is 13.3 Å². The second kappa shape index (κ2) is 10.3. The van der Waals surface area contributed by atoms with Gasteiger partial charge in [0.25, 0.3) is 0 Å². The third-order valence-corrected chi connectivity index (χ3v) is 5.33. The fourth-order valence-corrected chi connectivity index (χ4v) is 3.60. The lowest BCUT2D eigenvalue weighted by Crippen LogP contribution is -2.45. The van der Waals surface area contributed by atoms with Crippen molar-refractivity contribution in [2.24, 2.45) is 21.6 Å². The van der Waals surface area contributed by atoms with Crippen molar-refractivity contribution >= 4 is 21.8 Å². The molecule has 0 aromatic heterocycles. The number of sulfone groups is 1. The molecule has 1 fully saturated rings. The first kappa shape index (κ1) is 20.4. The maximum absolute atomic E-state index is 11.4. The first-order valence-electron chi connectivity index (χ1n) is 8.05. The molecule has 1 rings (SSSR count). The Bertz CT molecular complexity index is 545. The summed E-state index contributed by atoms with van der Waals surface area (Å²) in [6.07, 6.45) is 2.55. The summed E-state index contributed by atoms with van der Waals surface area (Å²) >= 11 is 0.